The Morgan fingerprint density at radius 3 is 2.24 bits per heavy atom. The Bertz CT molecular complexity index is 317. The largest absolute Gasteiger partial charge is 0.480 e. The summed E-state index contributed by atoms with van der Waals surface area (Å²) in [7, 11) is 0. The predicted molar refractivity (Wildman–Crippen MR) is 60.0 cm³/mol. The van der Waals surface area contributed by atoms with E-state index in [0.717, 1.165) is 0 Å². The SMILES string of the molecule is NC(=O)C[C@H](NC(=O)OCC(Cl)(Cl)Cl)C(=O)O. The Labute approximate surface area is 111 Å². The van der Waals surface area contributed by atoms with Crippen molar-refractivity contribution in [3.8, 4) is 0 Å². The molecule has 0 saturated heterocycles. The number of alkyl carbamates (subject to hydrolysis) is 1. The number of halogens is 3. The fraction of sp³-hybridized carbons (Fsp3) is 0.571. The second-order valence-corrected chi connectivity index (χ2v) is 5.41. The van der Waals surface area contributed by atoms with Gasteiger partial charge in [0, 0.05) is 0 Å². The Balaban J connectivity index is 4.22. The molecule has 0 bridgehead atoms. The zero-order valence-electron chi connectivity index (χ0n) is 8.28. The fourth-order valence-electron chi connectivity index (χ4n) is 0.733. The molecule has 0 aliphatic carbocycles. The molecule has 0 unspecified atom stereocenters. The number of primary amides is 1. The van der Waals surface area contributed by atoms with Gasteiger partial charge in [-0.1, -0.05) is 34.8 Å². The van der Waals surface area contributed by atoms with Gasteiger partial charge in [0.05, 0.1) is 6.42 Å². The van der Waals surface area contributed by atoms with Gasteiger partial charge in [-0.2, -0.15) is 0 Å². The molecule has 4 N–H and O–H groups in total. The number of rotatable bonds is 5. The third-order valence-corrected chi connectivity index (χ3v) is 1.69. The minimum absolute atomic E-state index is 0.563. The number of ether oxygens (including phenoxy) is 1. The average molecular weight is 308 g/mol. The first-order chi connectivity index (χ1) is 7.61. The Kier molecular flexibility index (Phi) is 6.36. The number of hydrogen-bond donors (Lipinski definition) is 3. The fourth-order valence-corrected chi connectivity index (χ4v) is 0.896. The number of aliphatic carboxylic acids is 1. The summed E-state index contributed by atoms with van der Waals surface area (Å²) in [5, 5.41) is 10.5. The monoisotopic (exact) mass is 306 g/mol. The van der Waals surface area contributed by atoms with Gasteiger partial charge < -0.3 is 20.9 Å². The van der Waals surface area contributed by atoms with E-state index < -0.39 is 40.8 Å². The summed E-state index contributed by atoms with van der Waals surface area (Å²) in [5.74, 6) is -2.33. The molecule has 2 amide bonds. The van der Waals surface area contributed by atoms with E-state index in [-0.39, 0.29) is 0 Å². The smallest absolute Gasteiger partial charge is 0.408 e. The van der Waals surface area contributed by atoms with Crippen molar-refractivity contribution in [1.82, 2.24) is 5.32 Å². The maximum absolute atomic E-state index is 11.1. The molecule has 17 heavy (non-hydrogen) atoms. The van der Waals surface area contributed by atoms with Crippen LogP contribution in [0.25, 0.3) is 0 Å². The first kappa shape index (κ1) is 16.1. The summed E-state index contributed by atoms with van der Waals surface area (Å²) < 4.78 is 2.60. The molecule has 0 radical (unpaired) electrons. The highest BCUT2D eigenvalue weighted by molar-refractivity contribution is 6.67. The van der Waals surface area contributed by atoms with Crippen molar-refractivity contribution in [2.24, 2.45) is 5.73 Å². The molecule has 0 aromatic heterocycles. The normalized spacial score (nSPS) is 12.6. The van der Waals surface area contributed by atoms with Crippen LogP contribution in [0.4, 0.5) is 4.79 Å². The van der Waals surface area contributed by atoms with Crippen LogP contribution in [0.5, 0.6) is 0 Å². The number of amides is 2. The lowest BCUT2D eigenvalue weighted by Crippen LogP contribution is -2.44. The maximum Gasteiger partial charge on any atom is 0.408 e. The van der Waals surface area contributed by atoms with Gasteiger partial charge in [0.1, 0.15) is 12.6 Å². The van der Waals surface area contributed by atoms with E-state index >= 15 is 0 Å². The van der Waals surface area contributed by atoms with Crippen molar-refractivity contribution in [1.29, 1.82) is 0 Å². The van der Waals surface area contributed by atoms with Crippen LogP contribution < -0.4 is 11.1 Å². The van der Waals surface area contributed by atoms with Crippen molar-refractivity contribution in [3.05, 3.63) is 0 Å². The maximum atomic E-state index is 11.1. The van der Waals surface area contributed by atoms with E-state index in [2.05, 4.69) is 4.74 Å². The minimum Gasteiger partial charge on any atom is -0.480 e. The minimum atomic E-state index is -1.81. The van der Waals surface area contributed by atoms with Crippen LogP contribution in [0.2, 0.25) is 0 Å². The first-order valence-corrected chi connectivity index (χ1v) is 5.26. The molecular formula is C7H9Cl3N2O5. The van der Waals surface area contributed by atoms with Crippen LogP contribution in [0, 0.1) is 0 Å². The number of carboxylic acid groups (broad SMARTS) is 1. The van der Waals surface area contributed by atoms with Crippen molar-refractivity contribution >= 4 is 52.8 Å². The molecule has 0 aromatic carbocycles. The molecule has 0 spiro atoms. The third kappa shape index (κ3) is 8.84. The lowest BCUT2D eigenvalue weighted by Gasteiger charge is -2.15. The molecule has 0 heterocycles. The average Bonchev–Trinajstić information content (AvgIpc) is 2.11. The summed E-state index contributed by atoms with van der Waals surface area (Å²) >= 11 is 15.9. The lowest BCUT2D eigenvalue weighted by atomic mass is 10.2. The van der Waals surface area contributed by atoms with E-state index in [1.807, 2.05) is 5.32 Å². The van der Waals surface area contributed by atoms with Gasteiger partial charge in [-0.05, 0) is 0 Å². The Morgan fingerprint density at radius 2 is 1.88 bits per heavy atom. The quantitative estimate of drug-likeness (QED) is 0.636. The molecule has 0 aromatic rings. The van der Waals surface area contributed by atoms with Gasteiger partial charge >= 0.3 is 12.1 Å². The summed E-state index contributed by atoms with van der Waals surface area (Å²) in [5.41, 5.74) is 4.79. The number of nitrogens with one attached hydrogen (secondary N) is 1. The molecule has 0 fully saturated rings. The van der Waals surface area contributed by atoms with Crippen LogP contribution in [-0.4, -0.2) is 39.5 Å². The standard InChI is InChI=1S/C7H9Cl3N2O5/c8-7(9,10)2-17-6(16)12-3(5(14)15)1-4(11)13/h3H,1-2H2,(H2,11,13)(H,12,16)(H,14,15)/t3-/m0/s1. The summed E-state index contributed by atoms with van der Waals surface area (Å²) in [6, 6.07) is -1.49. The van der Waals surface area contributed by atoms with Gasteiger partial charge in [-0.3, -0.25) is 4.79 Å². The van der Waals surface area contributed by atoms with Gasteiger partial charge in [0.25, 0.3) is 0 Å². The number of alkyl halides is 3. The molecule has 1 atom stereocenters. The first-order valence-electron chi connectivity index (χ1n) is 4.13. The highest BCUT2D eigenvalue weighted by Gasteiger charge is 2.26. The molecule has 0 aliphatic heterocycles. The Hall–Kier alpha value is -0.920. The summed E-state index contributed by atoms with van der Waals surface area (Å²) in [6.07, 6.45) is -1.71. The number of hydrogen-bond acceptors (Lipinski definition) is 4. The van der Waals surface area contributed by atoms with E-state index in [1.165, 1.54) is 0 Å². The zero-order valence-corrected chi connectivity index (χ0v) is 10.6. The zero-order chi connectivity index (χ0) is 13.6. The van der Waals surface area contributed by atoms with Crippen molar-refractivity contribution in [2.75, 3.05) is 6.61 Å². The van der Waals surface area contributed by atoms with Gasteiger partial charge in [-0.15, -0.1) is 0 Å². The molecule has 98 valence electrons. The summed E-state index contributed by atoms with van der Waals surface area (Å²) in [4.78, 5) is 32.2. The van der Waals surface area contributed by atoms with E-state index in [1.54, 1.807) is 0 Å². The molecule has 10 heteroatoms. The topological polar surface area (TPSA) is 119 Å². The molecule has 0 saturated carbocycles. The van der Waals surface area contributed by atoms with E-state index in [4.69, 9.17) is 45.6 Å². The number of carboxylic acids is 1. The van der Waals surface area contributed by atoms with Gasteiger partial charge in [0.2, 0.25) is 9.70 Å². The van der Waals surface area contributed by atoms with Crippen LogP contribution >= 0.6 is 34.8 Å². The second-order valence-electron chi connectivity index (χ2n) is 2.90. The number of nitrogens with two attached hydrogens (primary N) is 1. The van der Waals surface area contributed by atoms with Gasteiger partial charge in [0.15, 0.2) is 0 Å². The van der Waals surface area contributed by atoms with E-state index in [9.17, 15) is 14.4 Å². The second kappa shape index (κ2) is 6.73. The predicted octanol–water partition coefficient (Wildman–Crippen LogP) is 0.411. The molecule has 0 aliphatic rings. The molecule has 7 nitrogen and oxygen atoms in total. The van der Waals surface area contributed by atoms with Crippen molar-refractivity contribution in [3.63, 3.8) is 0 Å². The molecular weight excluding hydrogens is 298 g/mol. The van der Waals surface area contributed by atoms with Crippen LogP contribution in [-0.2, 0) is 14.3 Å². The summed E-state index contributed by atoms with van der Waals surface area (Å²) in [6.45, 7) is -0.563. The van der Waals surface area contributed by atoms with Crippen LogP contribution in [0.3, 0.4) is 0 Å². The number of carbonyl (C=O) groups is 3. The lowest BCUT2D eigenvalue weighted by molar-refractivity contribution is -0.141. The van der Waals surface area contributed by atoms with Gasteiger partial charge in [-0.25, -0.2) is 9.59 Å². The highest BCUT2D eigenvalue weighted by atomic mass is 35.6. The molecule has 0 rings (SSSR count). The highest BCUT2D eigenvalue weighted by Crippen LogP contribution is 2.25. The van der Waals surface area contributed by atoms with Crippen molar-refractivity contribution < 1.29 is 24.2 Å². The van der Waals surface area contributed by atoms with E-state index in [0.29, 0.717) is 0 Å². The third-order valence-electron chi connectivity index (χ3n) is 1.36. The number of carbonyl (C=O) groups excluding carboxylic acids is 2. The van der Waals surface area contributed by atoms with Crippen LogP contribution in [0.1, 0.15) is 6.42 Å². The van der Waals surface area contributed by atoms with Crippen molar-refractivity contribution in [2.45, 2.75) is 16.3 Å². The van der Waals surface area contributed by atoms with Crippen LogP contribution in [0.15, 0.2) is 0 Å². The Morgan fingerprint density at radius 1 is 1.35 bits per heavy atom.